The SMILES string of the molecule is C(=C\C1COCCN1)/c1nccs1. The van der Waals surface area contributed by atoms with Crippen LogP contribution < -0.4 is 5.32 Å². The lowest BCUT2D eigenvalue weighted by Crippen LogP contribution is -2.39. The normalized spacial score (nSPS) is 23.8. The molecule has 1 unspecified atom stereocenters. The van der Waals surface area contributed by atoms with E-state index in [1.165, 1.54) is 0 Å². The minimum Gasteiger partial charge on any atom is -0.378 e. The predicted octanol–water partition coefficient (Wildman–Crippen LogP) is 1.14. The quantitative estimate of drug-likeness (QED) is 0.770. The van der Waals surface area contributed by atoms with Crippen molar-refractivity contribution in [3.8, 4) is 0 Å². The van der Waals surface area contributed by atoms with Crippen molar-refractivity contribution < 1.29 is 4.74 Å². The molecule has 0 spiro atoms. The number of morpholine rings is 1. The molecule has 1 saturated heterocycles. The van der Waals surface area contributed by atoms with Crippen molar-refractivity contribution in [3.05, 3.63) is 22.7 Å². The van der Waals surface area contributed by atoms with Crippen LogP contribution in [0.5, 0.6) is 0 Å². The summed E-state index contributed by atoms with van der Waals surface area (Å²) in [7, 11) is 0. The smallest absolute Gasteiger partial charge is 0.115 e. The molecule has 1 atom stereocenters. The highest BCUT2D eigenvalue weighted by atomic mass is 32.1. The fourth-order valence-electron chi connectivity index (χ4n) is 1.22. The van der Waals surface area contributed by atoms with Crippen LogP contribution in [0, 0.1) is 0 Å². The number of hydrogen-bond donors (Lipinski definition) is 1. The van der Waals surface area contributed by atoms with Gasteiger partial charge in [-0.05, 0) is 6.08 Å². The first-order chi connectivity index (χ1) is 6.45. The van der Waals surface area contributed by atoms with Crippen LogP contribution in [0.3, 0.4) is 0 Å². The number of ether oxygens (including phenoxy) is 1. The maximum atomic E-state index is 5.32. The second kappa shape index (κ2) is 4.50. The molecule has 0 aliphatic carbocycles. The summed E-state index contributed by atoms with van der Waals surface area (Å²) >= 11 is 1.64. The summed E-state index contributed by atoms with van der Waals surface area (Å²) in [4.78, 5) is 4.16. The lowest BCUT2D eigenvalue weighted by Gasteiger charge is -2.20. The Kier molecular flexibility index (Phi) is 3.07. The van der Waals surface area contributed by atoms with Crippen molar-refractivity contribution in [2.24, 2.45) is 0 Å². The molecule has 0 saturated carbocycles. The Hall–Kier alpha value is -0.710. The number of nitrogens with zero attached hydrogens (tertiary/aromatic N) is 1. The molecule has 1 aliphatic rings. The predicted molar refractivity (Wildman–Crippen MR) is 53.8 cm³/mol. The van der Waals surface area contributed by atoms with E-state index in [9.17, 15) is 0 Å². The molecule has 0 radical (unpaired) electrons. The van der Waals surface area contributed by atoms with Crippen molar-refractivity contribution in [3.63, 3.8) is 0 Å². The van der Waals surface area contributed by atoms with Crippen molar-refractivity contribution in [2.75, 3.05) is 19.8 Å². The Morgan fingerprint density at radius 2 is 2.69 bits per heavy atom. The zero-order valence-corrected chi connectivity index (χ0v) is 8.09. The second-order valence-electron chi connectivity index (χ2n) is 2.86. The molecule has 1 aliphatic heterocycles. The van der Waals surface area contributed by atoms with Gasteiger partial charge in [-0.1, -0.05) is 6.08 Å². The first-order valence-electron chi connectivity index (χ1n) is 4.34. The highest BCUT2D eigenvalue weighted by molar-refractivity contribution is 7.10. The van der Waals surface area contributed by atoms with E-state index in [1.54, 1.807) is 11.3 Å². The molecule has 4 heteroatoms. The van der Waals surface area contributed by atoms with Gasteiger partial charge in [0.25, 0.3) is 0 Å². The lowest BCUT2D eigenvalue weighted by molar-refractivity contribution is 0.0903. The van der Waals surface area contributed by atoms with E-state index < -0.39 is 0 Å². The summed E-state index contributed by atoms with van der Waals surface area (Å²) < 4.78 is 5.32. The first kappa shape index (κ1) is 8.87. The third-order valence-corrected chi connectivity index (χ3v) is 2.61. The van der Waals surface area contributed by atoms with Gasteiger partial charge in [0, 0.05) is 24.2 Å². The van der Waals surface area contributed by atoms with Crippen LogP contribution in [0.1, 0.15) is 5.01 Å². The van der Waals surface area contributed by atoms with Crippen molar-refractivity contribution in [1.29, 1.82) is 0 Å². The lowest BCUT2D eigenvalue weighted by atomic mass is 10.2. The third-order valence-electron chi connectivity index (χ3n) is 1.87. The highest BCUT2D eigenvalue weighted by Gasteiger charge is 2.08. The molecule has 1 aromatic rings. The standard InChI is InChI=1S/C9H12N2OS/c1(2-9-11-4-6-13-9)8-7-12-5-3-10-8/h1-2,4,6,8,10H,3,5,7H2/b2-1+. The molecular weight excluding hydrogens is 184 g/mol. The summed E-state index contributed by atoms with van der Waals surface area (Å²) in [5, 5.41) is 6.37. The molecule has 0 amide bonds. The number of aromatic nitrogens is 1. The molecule has 70 valence electrons. The minimum absolute atomic E-state index is 0.345. The molecular formula is C9H12N2OS. The van der Waals surface area contributed by atoms with Gasteiger partial charge in [0.1, 0.15) is 5.01 Å². The third kappa shape index (κ3) is 2.62. The van der Waals surface area contributed by atoms with Gasteiger partial charge in [-0.3, -0.25) is 0 Å². The van der Waals surface area contributed by atoms with Crippen LogP contribution in [0.25, 0.3) is 6.08 Å². The van der Waals surface area contributed by atoms with Crippen molar-refractivity contribution >= 4 is 17.4 Å². The average Bonchev–Trinajstić information content (AvgIpc) is 2.69. The van der Waals surface area contributed by atoms with E-state index in [1.807, 2.05) is 17.7 Å². The maximum Gasteiger partial charge on any atom is 0.115 e. The number of hydrogen-bond acceptors (Lipinski definition) is 4. The molecule has 2 heterocycles. The molecule has 0 bridgehead atoms. The van der Waals surface area contributed by atoms with E-state index in [0.29, 0.717) is 6.04 Å². The van der Waals surface area contributed by atoms with Crippen LogP contribution >= 0.6 is 11.3 Å². The van der Waals surface area contributed by atoms with Crippen LogP contribution in [0.4, 0.5) is 0 Å². The number of rotatable bonds is 2. The van der Waals surface area contributed by atoms with Gasteiger partial charge in [0.05, 0.1) is 13.2 Å². The summed E-state index contributed by atoms with van der Waals surface area (Å²) in [6.07, 6.45) is 5.96. The molecule has 1 fully saturated rings. The topological polar surface area (TPSA) is 34.1 Å². The second-order valence-corrected chi connectivity index (χ2v) is 3.79. The maximum absolute atomic E-state index is 5.32. The summed E-state index contributed by atoms with van der Waals surface area (Å²) in [5.74, 6) is 0. The van der Waals surface area contributed by atoms with E-state index in [0.717, 1.165) is 24.8 Å². The van der Waals surface area contributed by atoms with E-state index in [2.05, 4.69) is 16.4 Å². The summed E-state index contributed by atoms with van der Waals surface area (Å²) in [6, 6.07) is 0.345. The van der Waals surface area contributed by atoms with Crippen molar-refractivity contribution in [1.82, 2.24) is 10.3 Å². The largest absolute Gasteiger partial charge is 0.378 e. The monoisotopic (exact) mass is 196 g/mol. The summed E-state index contributed by atoms with van der Waals surface area (Å²) in [6.45, 7) is 2.52. The van der Waals surface area contributed by atoms with Gasteiger partial charge in [0.15, 0.2) is 0 Å². The van der Waals surface area contributed by atoms with Gasteiger partial charge < -0.3 is 10.1 Å². The zero-order chi connectivity index (χ0) is 8.93. The van der Waals surface area contributed by atoms with Crippen LogP contribution in [0.2, 0.25) is 0 Å². The van der Waals surface area contributed by atoms with Crippen LogP contribution in [-0.4, -0.2) is 30.8 Å². The molecule has 13 heavy (non-hydrogen) atoms. The zero-order valence-electron chi connectivity index (χ0n) is 7.27. The fourth-order valence-corrected chi connectivity index (χ4v) is 1.76. The minimum atomic E-state index is 0.345. The fraction of sp³-hybridized carbons (Fsp3) is 0.444. The van der Waals surface area contributed by atoms with Crippen molar-refractivity contribution in [2.45, 2.75) is 6.04 Å². The van der Waals surface area contributed by atoms with Gasteiger partial charge in [0.2, 0.25) is 0 Å². The Balaban J connectivity index is 1.89. The van der Waals surface area contributed by atoms with Crippen LogP contribution in [0.15, 0.2) is 17.7 Å². The number of thiazole rings is 1. The van der Waals surface area contributed by atoms with E-state index >= 15 is 0 Å². The van der Waals surface area contributed by atoms with Gasteiger partial charge in [-0.15, -0.1) is 11.3 Å². The average molecular weight is 196 g/mol. The Labute approximate surface area is 81.4 Å². The Morgan fingerprint density at radius 1 is 1.69 bits per heavy atom. The molecule has 1 N–H and O–H groups in total. The van der Waals surface area contributed by atoms with E-state index in [-0.39, 0.29) is 0 Å². The van der Waals surface area contributed by atoms with E-state index in [4.69, 9.17) is 4.74 Å². The Bertz CT molecular complexity index is 265. The number of nitrogens with one attached hydrogen (secondary N) is 1. The molecule has 1 aromatic heterocycles. The first-order valence-corrected chi connectivity index (χ1v) is 5.22. The van der Waals surface area contributed by atoms with Gasteiger partial charge in [-0.2, -0.15) is 0 Å². The Morgan fingerprint density at radius 3 is 3.38 bits per heavy atom. The molecule has 0 aromatic carbocycles. The van der Waals surface area contributed by atoms with Gasteiger partial charge in [-0.25, -0.2) is 4.98 Å². The molecule has 3 nitrogen and oxygen atoms in total. The highest BCUT2D eigenvalue weighted by Crippen LogP contribution is 2.07. The van der Waals surface area contributed by atoms with Gasteiger partial charge >= 0.3 is 0 Å². The van der Waals surface area contributed by atoms with Crippen LogP contribution in [-0.2, 0) is 4.74 Å². The summed E-state index contributed by atoms with van der Waals surface area (Å²) in [5.41, 5.74) is 0. The molecule has 2 rings (SSSR count).